The highest BCUT2D eigenvalue weighted by molar-refractivity contribution is 5.92. The Kier molecular flexibility index (Phi) is 5.63. The van der Waals surface area contributed by atoms with E-state index in [0.717, 1.165) is 0 Å². The standard InChI is InChI=1S/C12H13F3O5/c1-18-9-4-2-3-8(11(16)17)10(9)20-6-5-19-7-12(13,14)15/h2-4H,5-7H2,1H3,(H,16,17). The van der Waals surface area contributed by atoms with Gasteiger partial charge in [-0.25, -0.2) is 4.79 Å². The van der Waals surface area contributed by atoms with Crippen molar-refractivity contribution in [1.82, 2.24) is 0 Å². The number of carboxylic acids is 1. The van der Waals surface area contributed by atoms with Gasteiger partial charge in [-0.3, -0.25) is 0 Å². The molecule has 0 saturated carbocycles. The van der Waals surface area contributed by atoms with E-state index in [9.17, 15) is 18.0 Å². The Bertz CT molecular complexity index is 459. The fourth-order valence-corrected chi connectivity index (χ4v) is 1.38. The normalized spacial score (nSPS) is 11.2. The number of carboxylic acid groups (broad SMARTS) is 1. The molecule has 0 aromatic heterocycles. The van der Waals surface area contributed by atoms with E-state index in [1.807, 2.05) is 0 Å². The quantitative estimate of drug-likeness (QED) is 0.782. The lowest BCUT2D eigenvalue weighted by atomic mass is 10.2. The van der Waals surface area contributed by atoms with Gasteiger partial charge in [-0.15, -0.1) is 0 Å². The van der Waals surface area contributed by atoms with Crippen molar-refractivity contribution in [1.29, 1.82) is 0 Å². The molecule has 0 aliphatic carbocycles. The summed E-state index contributed by atoms with van der Waals surface area (Å²) >= 11 is 0. The largest absolute Gasteiger partial charge is 0.493 e. The van der Waals surface area contributed by atoms with Crippen LogP contribution in [0.25, 0.3) is 0 Å². The van der Waals surface area contributed by atoms with Crippen LogP contribution in [0.1, 0.15) is 10.4 Å². The van der Waals surface area contributed by atoms with Gasteiger partial charge in [0.2, 0.25) is 0 Å². The minimum atomic E-state index is -4.41. The van der Waals surface area contributed by atoms with Gasteiger partial charge in [-0.05, 0) is 12.1 Å². The van der Waals surface area contributed by atoms with Crippen LogP contribution < -0.4 is 9.47 Å². The molecule has 1 aromatic carbocycles. The smallest absolute Gasteiger partial charge is 0.411 e. The van der Waals surface area contributed by atoms with Gasteiger partial charge in [-0.1, -0.05) is 6.07 Å². The van der Waals surface area contributed by atoms with E-state index in [2.05, 4.69) is 4.74 Å². The second-order valence-corrected chi connectivity index (χ2v) is 3.66. The van der Waals surface area contributed by atoms with E-state index in [0.29, 0.717) is 0 Å². The predicted molar refractivity (Wildman–Crippen MR) is 62.3 cm³/mol. The number of benzene rings is 1. The average molecular weight is 294 g/mol. The van der Waals surface area contributed by atoms with Gasteiger partial charge in [0.25, 0.3) is 0 Å². The molecule has 0 aliphatic heterocycles. The van der Waals surface area contributed by atoms with Crippen LogP contribution in [0.15, 0.2) is 18.2 Å². The lowest BCUT2D eigenvalue weighted by Gasteiger charge is -2.13. The molecule has 0 spiro atoms. The Hall–Kier alpha value is -1.96. The van der Waals surface area contributed by atoms with Crippen LogP contribution in [0.4, 0.5) is 13.2 Å². The SMILES string of the molecule is COc1cccc(C(=O)O)c1OCCOCC(F)(F)F. The predicted octanol–water partition coefficient (Wildman–Crippen LogP) is 2.35. The summed E-state index contributed by atoms with van der Waals surface area (Å²) in [6, 6.07) is 4.25. The van der Waals surface area contributed by atoms with Gasteiger partial charge in [-0.2, -0.15) is 13.2 Å². The fourth-order valence-electron chi connectivity index (χ4n) is 1.38. The molecule has 0 atom stereocenters. The summed E-state index contributed by atoms with van der Waals surface area (Å²) in [6.07, 6.45) is -4.41. The second-order valence-electron chi connectivity index (χ2n) is 3.66. The van der Waals surface area contributed by atoms with E-state index in [-0.39, 0.29) is 30.3 Å². The van der Waals surface area contributed by atoms with Crippen LogP contribution in [-0.4, -0.2) is 44.2 Å². The van der Waals surface area contributed by atoms with Crippen LogP contribution in [-0.2, 0) is 4.74 Å². The maximum atomic E-state index is 11.8. The summed E-state index contributed by atoms with van der Waals surface area (Å²) in [5, 5.41) is 8.98. The van der Waals surface area contributed by atoms with E-state index in [1.165, 1.54) is 25.3 Å². The Morgan fingerprint density at radius 2 is 2.00 bits per heavy atom. The van der Waals surface area contributed by atoms with Crippen LogP contribution in [0.5, 0.6) is 11.5 Å². The number of carbonyl (C=O) groups is 1. The molecule has 5 nitrogen and oxygen atoms in total. The molecule has 0 fully saturated rings. The molecule has 0 aliphatic rings. The van der Waals surface area contributed by atoms with E-state index in [1.54, 1.807) is 0 Å². The van der Waals surface area contributed by atoms with Gasteiger partial charge in [0.15, 0.2) is 11.5 Å². The van der Waals surface area contributed by atoms with Crippen molar-refractivity contribution in [2.45, 2.75) is 6.18 Å². The first kappa shape index (κ1) is 16.1. The minimum Gasteiger partial charge on any atom is -0.493 e. The first-order valence-electron chi connectivity index (χ1n) is 5.52. The molecule has 1 N–H and O–H groups in total. The third kappa shape index (κ3) is 4.96. The third-order valence-electron chi connectivity index (χ3n) is 2.17. The molecular formula is C12H13F3O5. The zero-order chi connectivity index (χ0) is 15.2. The summed E-state index contributed by atoms with van der Waals surface area (Å²) < 4.78 is 49.9. The lowest BCUT2D eigenvalue weighted by Crippen LogP contribution is -2.19. The van der Waals surface area contributed by atoms with E-state index < -0.39 is 18.8 Å². The van der Waals surface area contributed by atoms with Crippen molar-refractivity contribution in [2.75, 3.05) is 26.9 Å². The highest BCUT2D eigenvalue weighted by Gasteiger charge is 2.27. The van der Waals surface area contributed by atoms with Gasteiger partial charge in [0.1, 0.15) is 18.8 Å². The summed E-state index contributed by atoms with van der Waals surface area (Å²) in [5.74, 6) is -1.09. The summed E-state index contributed by atoms with van der Waals surface area (Å²) in [6.45, 7) is -1.93. The first-order valence-corrected chi connectivity index (χ1v) is 5.52. The number of hydrogen-bond acceptors (Lipinski definition) is 4. The molecule has 1 rings (SSSR count). The number of ether oxygens (including phenoxy) is 3. The van der Waals surface area contributed by atoms with Crippen LogP contribution in [0.3, 0.4) is 0 Å². The Morgan fingerprint density at radius 3 is 2.55 bits per heavy atom. The number of aromatic carboxylic acids is 1. The van der Waals surface area contributed by atoms with Crippen molar-refractivity contribution >= 4 is 5.97 Å². The number of halogens is 3. The van der Waals surface area contributed by atoms with Crippen LogP contribution in [0, 0.1) is 0 Å². The minimum absolute atomic E-state index is 0.0434. The summed E-state index contributed by atoms with van der Waals surface area (Å²) in [5.41, 5.74) is -0.139. The molecule has 0 saturated heterocycles. The molecule has 0 bridgehead atoms. The molecule has 0 unspecified atom stereocenters. The Morgan fingerprint density at radius 1 is 1.30 bits per heavy atom. The molecule has 1 aromatic rings. The van der Waals surface area contributed by atoms with Gasteiger partial charge in [0, 0.05) is 0 Å². The highest BCUT2D eigenvalue weighted by atomic mass is 19.4. The van der Waals surface area contributed by atoms with Crippen molar-refractivity contribution in [2.24, 2.45) is 0 Å². The molecule has 20 heavy (non-hydrogen) atoms. The monoisotopic (exact) mass is 294 g/mol. The van der Waals surface area contributed by atoms with Crippen molar-refractivity contribution in [3.8, 4) is 11.5 Å². The molecule has 112 valence electrons. The zero-order valence-corrected chi connectivity index (χ0v) is 10.6. The van der Waals surface area contributed by atoms with Gasteiger partial charge < -0.3 is 19.3 Å². The fraction of sp³-hybridized carbons (Fsp3) is 0.417. The van der Waals surface area contributed by atoms with Gasteiger partial charge >= 0.3 is 12.1 Å². The number of methoxy groups -OCH3 is 1. The highest BCUT2D eigenvalue weighted by Crippen LogP contribution is 2.31. The molecular weight excluding hydrogens is 281 g/mol. The van der Waals surface area contributed by atoms with Crippen molar-refractivity contribution < 1.29 is 37.3 Å². The maximum absolute atomic E-state index is 11.8. The van der Waals surface area contributed by atoms with Crippen LogP contribution >= 0.6 is 0 Å². The van der Waals surface area contributed by atoms with E-state index in [4.69, 9.17) is 14.6 Å². The maximum Gasteiger partial charge on any atom is 0.411 e. The van der Waals surface area contributed by atoms with E-state index >= 15 is 0 Å². The first-order chi connectivity index (χ1) is 9.35. The average Bonchev–Trinajstić information content (AvgIpc) is 2.36. The molecule has 0 heterocycles. The van der Waals surface area contributed by atoms with Crippen LogP contribution in [0.2, 0.25) is 0 Å². The molecule has 0 radical (unpaired) electrons. The Labute approximate surface area is 112 Å². The summed E-state index contributed by atoms with van der Waals surface area (Å²) in [7, 11) is 1.33. The molecule has 0 amide bonds. The number of para-hydroxylation sites is 1. The topological polar surface area (TPSA) is 65.0 Å². The lowest BCUT2D eigenvalue weighted by molar-refractivity contribution is -0.175. The number of rotatable bonds is 7. The Balaban J connectivity index is 2.60. The third-order valence-corrected chi connectivity index (χ3v) is 2.17. The second kappa shape index (κ2) is 6.99. The van der Waals surface area contributed by atoms with Crippen molar-refractivity contribution in [3.63, 3.8) is 0 Å². The number of alkyl halides is 3. The molecule has 8 heteroatoms. The van der Waals surface area contributed by atoms with Gasteiger partial charge in [0.05, 0.1) is 13.7 Å². The van der Waals surface area contributed by atoms with Crippen molar-refractivity contribution in [3.05, 3.63) is 23.8 Å². The summed E-state index contributed by atoms with van der Waals surface area (Å²) in [4.78, 5) is 11.0. The number of hydrogen-bond donors (Lipinski definition) is 1. The zero-order valence-electron chi connectivity index (χ0n) is 10.6.